The molecule has 0 fully saturated rings. The number of rotatable bonds is 6. The number of nitrogens with one attached hydrogen (secondary N) is 1. The number of amides is 1. The Hall–Kier alpha value is -3.60. The van der Waals surface area contributed by atoms with Gasteiger partial charge in [0, 0.05) is 24.8 Å². The molecule has 0 unspecified atom stereocenters. The van der Waals surface area contributed by atoms with Crippen LogP contribution in [-0.4, -0.2) is 39.7 Å². The summed E-state index contributed by atoms with van der Waals surface area (Å²) < 4.78 is 0. The first-order valence-corrected chi connectivity index (χ1v) is 9.69. The Bertz CT molecular complexity index is 1140. The molecule has 0 aliphatic rings. The SMILES string of the molecule is CN(CCCc1cc(-c2ccccc2)n[nH]1)C(=O)c1cc2ccccc2cc1O. The monoisotopic (exact) mass is 385 g/mol. The second kappa shape index (κ2) is 8.19. The van der Waals surface area contributed by atoms with Crippen molar-refractivity contribution in [2.45, 2.75) is 12.8 Å². The number of aryl methyl sites for hydroxylation is 1. The molecule has 0 saturated carbocycles. The fourth-order valence-corrected chi connectivity index (χ4v) is 3.46. The Morgan fingerprint density at radius 1 is 1.00 bits per heavy atom. The number of hydrogen-bond acceptors (Lipinski definition) is 3. The van der Waals surface area contributed by atoms with Gasteiger partial charge in [-0.25, -0.2) is 0 Å². The van der Waals surface area contributed by atoms with Crippen LogP contribution in [-0.2, 0) is 6.42 Å². The van der Waals surface area contributed by atoms with Crippen molar-refractivity contribution in [2.24, 2.45) is 0 Å². The summed E-state index contributed by atoms with van der Waals surface area (Å²) in [6.45, 7) is 0.588. The van der Waals surface area contributed by atoms with Crippen molar-refractivity contribution in [2.75, 3.05) is 13.6 Å². The lowest BCUT2D eigenvalue weighted by atomic mass is 10.0. The Labute approximate surface area is 169 Å². The number of H-pyrrole nitrogens is 1. The summed E-state index contributed by atoms with van der Waals surface area (Å²) in [7, 11) is 1.76. The number of hydrogen-bond donors (Lipinski definition) is 2. The average molecular weight is 385 g/mol. The first-order chi connectivity index (χ1) is 14.1. The number of phenols is 1. The predicted molar refractivity (Wildman–Crippen MR) is 115 cm³/mol. The van der Waals surface area contributed by atoms with Crippen molar-refractivity contribution in [3.05, 3.63) is 84.1 Å². The molecule has 29 heavy (non-hydrogen) atoms. The topological polar surface area (TPSA) is 69.2 Å². The summed E-state index contributed by atoms with van der Waals surface area (Å²) in [5.74, 6) is -0.163. The zero-order valence-electron chi connectivity index (χ0n) is 16.3. The zero-order valence-corrected chi connectivity index (χ0v) is 16.3. The van der Waals surface area contributed by atoms with E-state index < -0.39 is 0 Å². The molecule has 0 spiro atoms. The molecule has 4 aromatic rings. The van der Waals surface area contributed by atoms with E-state index in [0.717, 1.165) is 40.6 Å². The van der Waals surface area contributed by atoms with Crippen LogP contribution >= 0.6 is 0 Å². The Morgan fingerprint density at radius 3 is 2.45 bits per heavy atom. The van der Waals surface area contributed by atoms with Gasteiger partial charge in [0.25, 0.3) is 5.91 Å². The van der Waals surface area contributed by atoms with Gasteiger partial charge in [0.1, 0.15) is 5.75 Å². The fraction of sp³-hybridized carbons (Fsp3) is 0.167. The minimum atomic E-state index is -0.178. The van der Waals surface area contributed by atoms with Crippen LogP contribution in [0.5, 0.6) is 5.75 Å². The maximum atomic E-state index is 12.8. The molecule has 0 atom stereocenters. The third-order valence-electron chi connectivity index (χ3n) is 5.08. The smallest absolute Gasteiger partial charge is 0.257 e. The normalized spacial score (nSPS) is 10.9. The molecular formula is C24H23N3O2. The van der Waals surface area contributed by atoms with Crippen LogP contribution in [0.1, 0.15) is 22.5 Å². The minimum absolute atomic E-state index is 0.0154. The second-order valence-corrected chi connectivity index (χ2v) is 7.19. The van der Waals surface area contributed by atoms with Crippen molar-refractivity contribution >= 4 is 16.7 Å². The van der Waals surface area contributed by atoms with Gasteiger partial charge in [-0.3, -0.25) is 9.89 Å². The number of fused-ring (bicyclic) bond motifs is 1. The summed E-state index contributed by atoms with van der Waals surface area (Å²) in [6, 6.07) is 23.2. The molecule has 4 rings (SSSR count). The van der Waals surface area contributed by atoms with Crippen molar-refractivity contribution in [1.82, 2.24) is 15.1 Å². The van der Waals surface area contributed by atoms with E-state index in [4.69, 9.17) is 0 Å². The predicted octanol–water partition coefficient (Wildman–Crippen LogP) is 4.64. The molecule has 1 aromatic heterocycles. The Morgan fingerprint density at radius 2 is 1.69 bits per heavy atom. The van der Waals surface area contributed by atoms with Gasteiger partial charge in [0.05, 0.1) is 11.3 Å². The van der Waals surface area contributed by atoms with E-state index in [0.29, 0.717) is 12.1 Å². The second-order valence-electron chi connectivity index (χ2n) is 7.19. The highest BCUT2D eigenvalue weighted by Crippen LogP contribution is 2.26. The van der Waals surface area contributed by atoms with Gasteiger partial charge in [-0.05, 0) is 41.8 Å². The van der Waals surface area contributed by atoms with E-state index in [1.807, 2.05) is 60.7 Å². The summed E-state index contributed by atoms with van der Waals surface area (Å²) in [4.78, 5) is 14.4. The van der Waals surface area contributed by atoms with E-state index in [1.165, 1.54) is 0 Å². The lowest BCUT2D eigenvalue weighted by Gasteiger charge is -2.18. The quantitative estimate of drug-likeness (QED) is 0.508. The fourth-order valence-electron chi connectivity index (χ4n) is 3.46. The first-order valence-electron chi connectivity index (χ1n) is 9.69. The standard InChI is InChI=1S/C24H23N3O2/c1-27(24(29)21-14-18-10-5-6-11-19(18)15-23(21)28)13-7-12-20-16-22(26-25-20)17-8-3-2-4-9-17/h2-6,8-11,14-16,28H,7,12-13H2,1H3,(H,25,26). The van der Waals surface area contributed by atoms with E-state index in [1.54, 1.807) is 24.1 Å². The molecule has 5 nitrogen and oxygen atoms in total. The summed E-state index contributed by atoms with van der Waals surface area (Å²) in [5.41, 5.74) is 3.37. The minimum Gasteiger partial charge on any atom is -0.507 e. The summed E-state index contributed by atoms with van der Waals surface area (Å²) in [6.07, 6.45) is 1.59. The number of aromatic amines is 1. The van der Waals surface area contributed by atoms with E-state index in [-0.39, 0.29) is 11.7 Å². The number of benzene rings is 3. The Kier molecular flexibility index (Phi) is 5.29. The van der Waals surface area contributed by atoms with E-state index in [9.17, 15) is 9.90 Å². The molecule has 5 heteroatoms. The largest absolute Gasteiger partial charge is 0.507 e. The lowest BCUT2D eigenvalue weighted by Crippen LogP contribution is -2.28. The molecule has 1 heterocycles. The zero-order chi connectivity index (χ0) is 20.2. The van der Waals surface area contributed by atoms with E-state index in [2.05, 4.69) is 10.2 Å². The first kappa shape index (κ1) is 18.7. The highest BCUT2D eigenvalue weighted by Gasteiger charge is 2.16. The maximum absolute atomic E-state index is 12.8. The van der Waals surface area contributed by atoms with Crippen LogP contribution in [0.15, 0.2) is 72.8 Å². The van der Waals surface area contributed by atoms with Crippen molar-refractivity contribution < 1.29 is 9.90 Å². The maximum Gasteiger partial charge on any atom is 0.257 e. The molecule has 3 aromatic carbocycles. The third-order valence-corrected chi connectivity index (χ3v) is 5.08. The van der Waals surface area contributed by atoms with Crippen LogP contribution in [0.4, 0.5) is 0 Å². The van der Waals surface area contributed by atoms with Crippen molar-refractivity contribution in [3.63, 3.8) is 0 Å². The number of carbonyl (C=O) groups is 1. The van der Waals surface area contributed by atoms with Gasteiger partial charge in [-0.2, -0.15) is 5.10 Å². The van der Waals surface area contributed by atoms with Crippen LogP contribution in [0.25, 0.3) is 22.0 Å². The highest BCUT2D eigenvalue weighted by molar-refractivity contribution is 6.01. The van der Waals surface area contributed by atoms with Crippen LogP contribution in [0, 0.1) is 0 Å². The summed E-state index contributed by atoms with van der Waals surface area (Å²) >= 11 is 0. The molecule has 0 saturated heterocycles. The Balaban J connectivity index is 1.37. The number of aromatic nitrogens is 2. The van der Waals surface area contributed by atoms with Crippen LogP contribution in [0.3, 0.4) is 0 Å². The molecular weight excluding hydrogens is 362 g/mol. The highest BCUT2D eigenvalue weighted by atomic mass is 16.3. The van der Waals surface area contributed by atoms with Gasteiger partial charge < -0.3 is 10.0 Å². The molecule has 0 aliphatic carbocycles. The van der Waals surface area contributed by atoms with Crippen molar-refractivity contribution in [3.8, 4) is 17.0 Å². The number of aromatic hydroxyl groups is 1. The molecule has 0 aliphatic heterocycles. The number of carbonyl (C=O) groups excluding carboxylic acids is 1. The van der Waals surface area contributed by atoms with Gasteiger partial charge in [0.15, 0.2) is 0 Å². The van der Waals surface area contributed by atoms with Crippen LogP contribution < -0.4 is 0 Å². The number of phenolic OH excluding ortho intramolecular Hbond substituents is 1. The molecule has 1 amide bonds. The molecule has 0 bridgehead atoms. The van der Waals surface area contributed by atoms with Crippen LogP contribution in [0.2, 0.25) is 0 Å². The lowest BCUT2D eigenvalue weighted by molar-refractivity contribution is 0.0790. The third kappa shape index (κ3) is 4.14. The van der Waals surface area contributed by atoms with Gasteiger partial charge in [0.2, 0.25) is 0 Å². The van der Waals surface area contributed by atoms with Gasteiger partial charge in [-0.15, -0.1) is 0 Å². The average Bonchev–Trinajstić information content (AvgIpc) is 3.22. The molecule has 0 radical (unpaired) electrons. The summed E-state index contributed by atoms with van der Waals surface area (Å²) in [5, 5.41) is 19.6. The molecule has 2 N–H and O–H groups in total. The van der Waals surface area contributed by atoms with Gasteiger partial charge >= 0.3 is 0 Å². The van der Waals surface area contributed by atoms with Crippen molar-refractivity contribution in [1.29, 1.82) is 0 Å². The van der Waals surface area contributed by atoms with E-state index >= 15 is 0 Å². The number of nitrogens with zero attached hydrogens (tertiary/aromatic N) is 2. The van der Waals surface area contributed by atoms with Gasteiger partial charge in [-0.1, -0.05) is 54.6 Å². The molecule has 146 valence electrons.